The molecule has 7 heteroatoms. The number of nitrogens with zero attached hydrogens (tertiary/aromatic N) is 2. The lowest BCUT2D eigenvalue weighted by atomic mass is 10.1. The van der Waals surface area contributed by atoms with E-state index < -0.39 is 9.84 Å². The summed E-state index contributed by atoms with van der Waals surface area (Å²) in [5, 5.41) is 0.647. The fourth-order valence-corrected chi connectivity index (χ4v) is 3.89. The molecule has 0 aliphatic rings. The van der Waals surface area contributed by atoms with Crippen LogP contribution < -0.4 is 4.74 Å². The number of ether oxygens (including phenoxy) is 1. The summed E-state index contributed by atoms with van der Waals surface area (Å²) >= 11 is 6.05. The molecule has 0 unspecified atom stereocenters. The molecule has 0 aliphatic heterocycles. The Labute approximate surface area is 180 Å². The summed E-state index contributed by atoms with van der Waals surface area (Å²) in [4.78, 5) is 5.11. The summed E-state index contributed by atoms with van der Waals surface area (Å²) in [5.41, 5.74) is 3.43. The maximum atomic E-state index is 11.8. The monoisotopic (exact) mass is 438 g/mol. The fraction of sp³-hybridized carbons (Fsp3) is 0.0870. The first-order valence-corrected chi connectivity index (χ1v) is 11.4. The van der Waals surface area contributed by atoms with Gasteiger partial charge in [-0.3, -0.25) is 4.57 Å². The molecule has 30 heavy (non-hydrogen) atoms. The second-order valence-corrected chi connectivity index (χ2v) is 9.27. The van der Waals surface area contributed by atoms with E-state index in [1.165, 1.54) is 6.26 Å². The van der Waals surface area contributed by atoms with E-state index >= 15 is 0 Å². The van der Waals surface area contributed by atoms with Gasteiger partial charge in [-0.25, -0.2) is 13.4 Å². The highest BCUT2D eigenvalue weighted by atomic mass is 35.5. The molecule has 0 saturated heterocycles. The zero-order valence-electron chi connectivity index (χ0n) is 16.4. The standard InChI is InChI=1S/C23H19ClN2O3S/c1-29-20-11-3-16(4-12-20)22-15-26(19-9-7-18(24)8-10-19)23(25-22)17-5-13-21(14-6-17)30(2,27)28/h3-15H,1-2H3. The maximum Gasteiger partial charge on any atom is 0.175 e. The van der Waals surface area contributed by atoms with E-state index in [0.717, 1.165) is 28.3 Å². The summed E-state index contributed by atoms with van der Waals surface area (Å²) in [5.74, 6) is 1.47. The van der Waals surface area contributed by atoms with E-state index in [1.54, 1.807) is 31.4 Å². The first kappa shape index (κ1) is 20.2. The largest absolute Gasteiger partial charge is 0.497 e. The third-order valence-corrected chi connectivity index (χ3v) is 6.12. The Morgan fingerprint density at radius 3 is 2.03 bits per heavy atom. The lowest BCUT2D eigenvalue weighted by molar-refractivity contribution is 0.415. The Hall–Kier alpha value is -3.09. The van der Waals surface area contributed by atoms with Crippen LogP contribution in [0.5, 0.6) is 5.75 Å². The average molecular weight is 439 g/mol. The smallest absolute Gasteiger partial charge is 0.175 e. The molecule has 4 rings (SSSR count). The number of hydrogen-bond acceptors (Lipinski definition) is 4. The highest BCUT2D eigenvalue weighted by molar-refractivity contribution is 7.90. The Morgan fingerprint density at radius 2 is 1.47 bits per heavy atom. The van der Waals surface area contributed by atoms with Gasteiger partial charge in [0.1, 0.15) is 11.6 Å². The molecule has 0 radical (unpaired) electrons. The molecule has 1 aromatic heterocycles. The van der Waals surface area contributed by atoms with E-state index in [0.29, 0.717) is 10.8 Å². The van der Waals surface area contributed by atoms with Gasteiger partial charge in [-0.05, 0) is 72.8 Å². The molecule has 0 saturated carbocycles. The van der Waals surface area contributed by atoms with Crippen molar-refractivity contribution in [2.24, 2.45) is 0 Å². The van der Waals surface area contributed by atoms with Crippen molar-refractivity contribution < 1.29 is 13.2 Å². The van der Waals surface area contributed by atoms with Crippen molar-refractivity contribution in [3.8, 4) is 34.1 Å². The van der Waals surface area contributed by atoms with Gasteiger partial charge in [0, 0.05) is 34.3 Å². The molecular formula is C23H19ClN2O3S. The van der Waals surface area contributed by atoms with Crippen molar-refractivity contribution in [3.05, 3.63) is 84.0 Å². The lowest BCUT2D eigenvalue weighted by Crippen LogP contribution is -1.98. The van der Waals surface area contributed by atoms with Gasteiger partial charge in [0.15, 0.2) is 9.84 Å². The van der Waals surface area contributed by atoms with Gasteiger partial charge in [-0.1, -0.05) is 11.6 Å². The first-order valence-electron chi connectivity index (χ1n) is 9.15. The van der Waals surface area contributed by atoms with Gasteiger partial charge >= 0.3 is 0 Å². The number of sulfone groups is 1. The maximum absolute atomic E-state index is 11.8. The zero-order chi connectivity index (χ0) is 21.3. The molecule has 0 aliphatic carbocycles. The SMILES string of the molecule is COc1ccc(-c2cn(-c3ccc(Cl)cc3)c(-c3ccc(S(C)(=O)=O)cc3)n2)cc1. The Balaban J connectivity index is 1.84. The van der Waals surface area contributed by atoms with Crippen molar-refractivity contribution in [1.82, 2.24) is 9.55 Å². The molecular weight excluding hydrogens is 420 g/mol. The van der Waals surface area contributed by atoms with Gasteiger partial charge in [0.05, 0.1) is 17.7 Å². The molecule has 5 nitrogen and oxygen atoms in total. The van der Waals surface area contributed by atoms with Crippen LogP contribution in [0.25, 0.3) is 28.3 Å². The minimum Gasteiger partial charge on any atom is -0.497 e. The molecule has 1 heterocycles. The number of hydrogen-bond donors (Lipinski definition) is 0. The summed E-state index contributed by atoms with van der Waals surface area (Å²) in [7, 11) is -1.64. The number of halogens is 1. The summed E-state index contributed by atoms with van der Waals surface area (Å²) in [6.45, 7) is 0. The van der Waals surface area contributed by atoms with Crippen LogP contribution in [0.4, 0.5) is 0 Å². The predicted octanol–water partition coefficient (Wildman–Crippen LogP) is 5.27. The Bertz CT molecular complexity index is 1280. The van der Waals surface area contributed by atoms with Crippen molar-refractivity contribution >= 4 is 21.4 Å². The minimum atomic E-state index is -3.27. The first-order chi connectivity index (χ1) is 14.3. The van der Waals surface area contributed by atoms with Crippen LogP contribution in [0, 0.1) is 0 Å². The van der Waals surface area contributed by atoms with Crippen molar-refractivity contribution in [2.75, 3.05) is 13.4 Å². The van der Waals surface area contributed by atoms with Crippen LogP contribution >= 0.6 is 11.6 Å². The van der Waals surface area contributed by atoms with Gasteiger partial charge in [-0.2, -0.15) is 0 Å². The van der Waals surface area contributed by atoms with Crippen LogP contribution in [0.15, 0.2) is 83.9 Å². The predicted molar refractivity (Wildman–Crippen MR) is 119 cm³/mol. The Kier molecular flexibility index (Phi) is 5.37. The molecule has 0 N–H and O–H groups in total. The molecule has 0 spiro atoms. The van der Waals surface area contributed by atoms with Gasteiger partial charge < -0.3 is 4.74 Å². The Morgan fingerprint density at radius 1 is 0.867 bits per heavy atom. The number of benzene rings is 3. The highest BCUT2D eigenvalue weighted by Gasteiger charge is 2.15. The van der Waals surface area contributed by atoms with Crippen molar-refractivity contribution in [1.29, 1.82) is 0 Å². The van der Waals surface area contributed by atoms with Crippen LogP contribution in [0.3, 0.4) is 0 Å². The molecule has 4 aromatic rings. The number of imidazole rings is 1. The minimum absolute atomic E-state index is 0.270. The third-order valence-electron chi connectivity index (χ3n) is 4.74. The van der Waals surface area contributed by atoms with E-state index in [9.17, 15) is 8.42 Å². The van der Waals surface area contributed by atoms with Gasteiger partial charge in [-0.15, -0.1) is 0 Å². The second-order valence-electron chi connectivity index (χ2n) is 6.82. The summed E-state index contributed by atoms with van der Waals surface area (Å²) in [6.07, 6.45) is 3.14. The number of methoxy groups -OCH3 is 1. The van der Waals surface area contributed by atoms with Crippen LogP contribution in [-0.4, -0.2) is 31.3 Å². The molecule has 152 valence electrons. The number of aromatic nitrogens is 2. The van der Waals surface area contributed by atoms with Crippen molar-refractivity contribution in [3.63, 3.8) is 0 Å². The van der Waals surface area contributed by atoms with E-state index in [2.05, 4.69) is 0 Å². The topological polar surface area (TPSA) is 61.2 Å². The van der Waals surface area contributed by atoms with Gasteiger partial charge in [0.2, 0.25) is 0 Å². The third kappa shape index (κ3) is 4.10. The molecule has 0 amide bonds. The van der Waals surface area contributed by atoms with E-state index in [-0.39, 0.29) is 4.90 Å². The quantitative estimate of drug-likeness (QED) is 0.425. The summed E-state index contributed by atoms with van der Waals surface area (Å²) in [6, 6.07) is 21.9. The second kappa shape index (κ2) is 7.97. The van der Waals surface area contributed by atoms with Crippen LogP contribution in [0.1, 0.15) is 0 Å². The van der Waals surface area contributed by atoms with Crippen LogP contribution in [0.2, 0.25) is 5.02 Å². The van der Waals surface area contributed by atoms with Crippen LogP contribution in [-0.2, 0) is 9.84 Å². The normalized spacial score (nSPS) is 11.4. The summed E-state index contributed by atoms with van der Waals surface area (Å²) < 4.78 is 30.8. The van der Waals surface area contributed by atoms with Crippen molar-refractivity contribution in [2.45, 2.75) is 4.90 Å². The zero-order valence-corrected chi connectivity index (χ0v) is 18.0. The van der Waals surface area contributed by atoms with E-state index in [1.807, 2.05) is 59.3 Å². The van der Waals surface area contributed by atoms with E-state index in [4.69, 9.17) is 21.3 Å². The molecule has 3 aromatic carbocycles. The molecule has 0 fully saturated rings. The lowest BCUT2D eigenvalue weighted by Gasteiger charge is -2.08. The fourth-order valence-electron chi connectivity index (χ4n) is 3.13. The highest BCUT2D eigenvalue weighted by Crippen LogP contribution is 2.30. The molecule has 0 bridgehead atoms. The number of rotatable bonds is 5. The van der Waals surface area contributed by atoms with Gasteiger partial charge in [0.25, 0.3) is 0 Å². The average Bonchev–Trinajstić information content (AvgIpc) is 3.19. The molecule has 0 atom stereocenters.